The molecule has 1 aliphatic carbocycles. The molecule has 69 heavy (non-hydrogen) atoms. The van der Waals surface area contributed by atoms with E-state index in [1.165, 1.54) is 30.3 Å². The number of carbonyl (C=O) groups excluding carboxylic acids is 1. The third-order valence-corrected chi connectivity index (χ3v) is 15.1. The summed E-state index contributed by atoms with van der Waals surface area (Å²) in [6, 6.07) is 19.6. The maximum Gasteiger partial charge on any atom is 0.336 e. The van der Waals surface area contributed by atoms with Gasteiger partial charge in [0.1, 0.15) is 73.1 Å². The van der Waals surface area contributed by atoms with Crippen molar-refractivity contribution in [2.45, 2.75) is 20.0 Å². The van der Waals surface area contributed by atoms with Gasteiger partial charge in [-0.3, -0.25) is 24.0 Å². The van der Waals surface area contributed by atoms with Crippen molar-refractivity contribution in [1.82, 2.24) is 0 Å². The van der Waals surface area contributed by atoms with Crippen molar-refractivity contribution >= 4 is 83.0 Å². The summed E-state index contributed by atoms with van der Waals surface area (Å²) in [4.78, 5) is 78.3. The molecule has 4 aromatic rings. The van der Waals surface area contributed by atoms with Gasteiger partial charge in [0, 0.05) is 49.3 Å². The predicted octanol–water partition coefficient (Wildman–Crippen LogP) is 4.90. The molecule has 1 amide bonds. The van der Waals surface area contributed by atoms with Gasteiger partial charge in [0.2, 0.25) is 0 Å². The molecule has 0 fully saturated rings. The number of allylic oxidation sites excluding steroid dienone is 5. The zero-order chi connectivity index (χ0) is 50.5. The fourth-order valence-electron chi connectivity index (χ4n) is 8.33. The lowest BCUT2D eigenvalue weighted by molar-refractivity contribution is -0.462. The fourth-order valence-corrected chi connectivity index (χ4v) is 11.4. The summed E-state index contributed by atoms with van der Waals surface area (Å²) in [5.41, 5.74) is 6.01. The Bertz CT molecular complexity index is 2860. The SMILES string of the molecule is Cc1ccc(N(CC(=O)O)CC(=O)O)c(OCCOc2cc(NC(=O)c3ccc(C4=C5C=CC(=[N+](C)C)C=C5[Si](C)(C)c5cc(N(C)C)ccc54)c(C(=O)O)c3)ccc2N(CC(=O)O)CC(=O)O)c1. The molecule has 0 spiro atoms. The Morgan fingerprint density at radius 2 is 1.22 bits per heavy atom. The van der Waals surface area contributed by atoms with E-state index in [0.717, 1.165) is 53.9 Å². The van der Waals surface area contributed by atoms with Gasteiger partial charge in [-0.05, 0) is 99.8 Å². The van der Waals surface area contributed by atoms with Gasteiger partial charge in [-0.2, -0.15) is 0 Å². The second-order valence-corrected chi connectivity index (χ2v) is 21.7. The fraction of sp³-hybridized carbons (Fsp3) is 0.260. The lowest BCUT2D eigenvalue weighted by Gasteiger charge is -2.38. The number of anilines is 4. The Kier molecular flexibility index (Phi) is 15.1. The van der Waals surface area contributed by atoms with Crippen LogP contribution < -0.4 is 34.7 Å². The molecule has 0 radical (unpaired) electrons. The van der Waals surface area contributed by atoms with Crippen LogP contribution in [-0.2, 0) is 19.2 Å². The predicted molar refractivity (Wildman–Crippen MR) is 263 cm³/mol. The summed E-state index contributed by atoms with van der Waals surface area (Å²) in [6.07, 6.45) is 6.22. The van der Waals surface area contributed by atoms with E-state index in [-0.39, 0.29) is 52.9 Å². The summed E-state index contributed by atoms with van der Waals surface area (Å²) in [5.74, 6) is -7.03. The van der Waals surface area contributed by atoms with Crippen LogP contribution in [0.1, 0.15) is 37.4 Å². The van der Waals surface area contributed by atoms with Crippen molar-refractivity contribution in [3.63, 3.8) is 0 Å². The first-order valence-corrected chi connectivity index (χ1v) is 24.6. The number of carboxylic acids is 5. The van der Waals surface area contributed by atoms with E-state index in [4.69, 9.17) is 9.47 Å². The average Bonchev–Trinajstić information content (AvgIpc) is 3.26. The van der Waals surface area contributed by atoms with Crippen LogP contribution in [-0.4, -0.2) is 147 Å². The lowest BCUT2D eigenvalue weighted by atomic mass is 9.86. The Labute approximate surface area is 398 Å². The molecule has 19 heteroatoms. The van der Waals surface area contributed by atoms with Gasteiger partial charge in [0.25, 0.3) is 5.91 Å². The molecule has 6 rings (SSSR count). The number of amides is 1. The minimum absolute atomic E-state index is 0.0146. The molecule has 0 bridgehead atoms. The number of fused-ring (bicyclic) bond motifs is 2. The Morgan fingerprint density at radius 1 is 0.667 bits per heavy atom. The van der Waals surface area contributed by atoms with Crippen molar-refractivity contribution in [3.8, 4) is 11.5 Å². The first-order chi connectivity index (χ1) is 32.5. The molecule has 4 aromatic carbocycles. The molecule has 360 valence electrons. The maximum absolute atomic E-state index is 14.0. The van der Waals surface area contributed by atoms with Gasteiger partial charge in [-0.15, -0.1) is 0 Å². The first-order valence-electron chi connectivity index (χ1n) is 21.6. The molecule has 18 nitrogen and oxygen atoms in total. The monoisotopic (exact) mass is 960 g/mol. The van der Waals surface area contributed by atoms with E-state index >= 15 is 0 Å². The zero-order valence-corrected chi connectivity index (χ0v) is 40.2. The highest BCUT2D eigenvalue weighted by molar-refractivity contribution is 6.98. The number of hydrogen-bond donors (Lipinski definition) is 6. The summed E-state index contributed by atoms with van der Waals surface area (Å²) in [6.45, 7) is 3.15. The van der Waals surface area contributed by atoms with Gasteiger partial charge in [0.05, 0.1) is 16.9 Å². The molecule has 0 atom stereocenters. The number of nitrogens with one attached hydrogen (secondary N) is 1. The Hall–Kier alpha value is -8.19. The number of aryl methyl sites for hydroxylation is 1. The van der Waals surface area contributed by atoms with Crippen LogP contribution in [0.15, 0.2) is 102 Å². The van der Waals surface area contributed by atoms with Crippen molar-refractivity contribution in [1.29, 1.82) is 0 Å². The average molecular weight is 961 g/mol. The number of ether oxygens (including phenoxy) is 2. The maximum atomic E-state index is 14.0. The largest absolute Gasteiger partial charge is 0.488 e. The number of benzene rings is 4. The first kappa shape index (κ1) is 50.2. The highest BCUT2D eigenvalue weighted by Crippen LogP contribution is 2.43. The molecule has 6 N–H and O–H groups in total. The molecule has 0 saturated heterocycles. The van der Waals surface area contributed by atoms with Gasteiger partial charge < -0.3 is 55.0 Å². The van der Waals surface area contributed by atoms with Crippen LogP contribution in [0.2, 0.25) is 13.1 Å². The van der Waals surface area contributed by atoms with Crippen molar-refractivity contribution in [2.75, 3.05) is 87.6 Å². The number of hydrogen-bond acceptors (Lipinski definition) is 11. The Balaban J connectivity index is 1.34. The van der Waals surface area contributed by atoms with Crippen molar-refractivity contribution < 1.29 is 68.3 Å². The summed E-state index contributed by atoms with van der Waals surface area (Å²) in [5, 5.41) is 54.0. The zero-order valence-electron chi connectivity index (χ0n) is 39.2. The summed E-state index contributed by atoms with van der Waals surface area (Å²) < 4.78 is 14.0. The number of carboxylic acid groups (broad SMARTS) is 5. The lowest BCUT2D eigenvalue weighted by Crippen LogP contribution is -2.49. The third-order valence-electron chi connectivity index (χ3n) is 11.6. The number of aromatic carboxylic acids is 1. The molecule has 1 aliphatic heterocycles. The number of carbonyl (C=O) groups is 6. The van der Waals surface area contributed by atoms with E-state index in [2.05, 4.69) is 30.6 Å². The molecule has 0 unspecified atom stereocenters. The third kappa shape index (κ3) is 11.5. The van der Waals surface area contributed by atoms with Gasteiger partial charge in [-0.25, -0.2) is 9.37 Å². The van der Waals surface area contributed by atoms with E-state index < -0.39 is 70.0 Å². The number of aliphatic carboxylic acids is 4. The van der Waals surface area contributed by atoms with Crippen LogP contribution in [0.5, 0.6) is 11.5 Å². The van der Waals surface area contributed by atoms with E-state index in [1.807, 2.05) is 62.0 Å². The second kappa shape index (κ2) is 20.8. The summed E-state index contributed by atoms with van der Waals surface area (Å²) in [7, 11) is 5.52. The van der Waals surface area contributed by atoms with E-state index in [1.54, 1.807) is 31.2 Å². The van der Waals surface area contributed by atoms with Crippen LogP contribution in [0.4, 0.5) is 22.7 Å². The molecule has 0 aromatic heterocycles. The van der Waals surface area contributed by atoms with Gasteiger partial charge in [-0.1, -0.05) is 31.3 Å². The highest BCUT2D eigenvalue weighted by atomic mass is 28.3. The minimum Gasteiger partial charge on any atom is -0.488 e. The molecule has 0 saturated carbocycles. The smallest absolute Gasteiger partial charge is 0.336 e. The van der Waals surface area contributed by atoms with Crippen LogP contribution >= 0.6 is 0 Å². The summed E-state index contributed by atoms with van der Waals surface area (Å²) >= 11 is 0. The number of nitrogens with zero attached hydrogens (tertiary/aromatic N) is 4. The molecular weight excluding hydrogens is 907 g/mol. The van der Waals surface area contributed by atoms with Crippen LogP contribution in [0.25, 0.3) is 5.57 Å². The van der Waals surface area contributed by atoms with Crippen molar-refractivity contribution in [3.05, 3.63) is 130 Å². The quantitative estimate of drug-likeness (QED) is 0.0392. The van der Waals surface area contributed by atoms with Crippen LogP contribution in [0.3, 0.4) is 0 Å². The second-order valence-electron chi connectivity index (χ2n) is 17.4. The standard InChI is InChI=1S/C50H53N5O13Si/c1-29-8-16-38(54(25-44(56)57)26-45(58)59)40(20-29)67-18-19-68-41-22-31(10-17-39(41)55(27-46(60)61)28-47(62)63)51-49(64)30-9-13-34(37(21-30)50(65)66)48-35-14-11-32(52(2)3)23-42(35)69(6,7)43-24-33(53(4)5)12-15-36(43)48/h8-17,20-24H,18-19,25-28H2,1-7H3,(H5-,51,56,57,58,59,60,61,62,63,64,65,66)/p+1. The highest BCUT2D eigenvalue weighted by Gasteiger charge is 2.41. The normalized spacial score (nSPS) is 13.3. The molecule has 2 aliphatic rings. The van der Waals surface area contributed by atoms with Gasteiger partial charge in [0.15, 0.2) is 5.71 Å². The minimum atomic E-state index is -2.36. The Morgan fingerprint density at radius 3 is 1.75 bits per heavy atom. The van der Waals surface area contributed by atoms with E-state index in [0.29, 0.717) is 5.56 Å². The van der Waals surface area contributed by atoms with E-state index in [9.17, 15) is 54.3 Å². The van der Waals surface area contributed by atoms with Crippen LogP contribution in [0, 0.1) is 6.92 Å². The molecular formula is C50H54N5O13Si+. The van der Waals surface area contributed by atoms with Crippen molar-refractivity contribution in [2.24, 2.45) is 0 Å². The number of rotatable bonds is 20. The van der Waals surface area contributed by atoms with Gasteiger partial charge >= 0.3 is 29.8 Å². The molecule has 1 heterocycles. The topological polar surface area (TPSA) is 247 Å².